The highest BCUT2D eigenvalue weighted by molar-refractivity contribution is 6.30. The maximum atomic E-state index is 12.1. The fourth-order valence-electron chi connectivity index (χ4n) is 2.05. The van der Waals surface area contributed by atoms with Crippen molar-refractivity contribution < 1.29 is 9.53 Å². The molecule has 0 bridgehead atoms. The van der Waals surface area contributed by atoms with Gasteiger partial charge in [0, 0.05) is 17.8 Å². The van der Waals surface area contributed by atoms with Crippen LogP contribution in [0.1, 0.15) is 17.4 Å². The predicted octanol–water partition coefficient (Wildman–Crippen LogP) is 3.04. The third kappa shape index (κ3) is 3.94. The number of carbonyl (C=O) groups is 1. The smallest absolute Gasteiger partial charge is 0.276 e. The second kappa shape index (κ2) is 7.18. The number of nitrogens with one attached hydrogen (secondary N) is 1. The summed E-state index contributed by atoms with van der Waals surface area (Å²) in [4.78, 5) is 12.1. The van der Waals surface area contributed by atoms with E-state index in [2.05, 4.69) is 15.5 Å². The molecule has 0 aliphatic heterocycles. The van der Waals surface area contributed by atoms with E-state index in [9.17, 15) is 4.79 Å². The minimum atomic E-state index is -0.280. The maximum absolute atomic E-state index is 12.1. The molecule has 0 spiro atoms. The maximum Gasteiger partial charge on any atom is 0.276 e. The second-order valence-electron chi connectivity index (χ2n) is 5.01. The fourth-order valence-corrected chi connectivity index (χ4v) is 2.23. The Labute approximate surface area is 143 Å². The number of nitrogens with zero attached hydrogens (tertiary/aromatic N) is 4. The molecular formula is C16H16ClN5O2. The van der Waals surface area contributed by atoms with E-state index < -0.39 is 0 Å². The van der Waals surface area contributed by atoms with Crippen LogP contribution in [-0.4, -0.2) is 25.5 Å². The predicted molar refractivity (Wildman–Crippen MR) is 90.2 cm³/mol. The monoisotopic (exact) mass is 345 g/mol. The molecule has 0 atom stereocenters. The zero-order valence-electron chi connectivity index (χ0n) is 13.0. The normalized spacial score (nSPS) is 10.6. The summed E-state index contributed by atoms with van der Waals surface area (Å²) in [6.45, 7) is 2.88. The van der Waals surface area contributed by atoms with Crippen molar-refractivity contribution in [2.24, 2.45) is 0 Å². The lowest BCUT2D eigenvalue weighted by atomic mass is 10.3. The Kier molecular flexibility index (Phi) is 4.81. The van der Waals surface area contributed by atoms with Gasteiger partial charge in [0.05, 0.1) is 18.1 Å². The van der Waals surface area contributed by atoms with Crippen LogP contribution in [0.15, 0.2) is 48.9 Å². The van der Waals surface area contributed by atoms with Gasteiger partial charge in [-0.2, -0.15) is 10.2 Å². The van der Waals surface area contributed by atoms with Crippen LogP contribution >= 0.6 is 11.6 Å². The minimum absolute atomic E-state index is 0.209. The molecule has 2 aromatic heterocycles. The summed E-state index contributed by atoms with van der Waals surface area (Å²) in [5.74, 6) is 0.367. The first-order chi connectivity index (χ1) is 11.6. The van der Waals surface area contributed by atoms with E-state index in [1.807, 2.05) is 19.1 Å². The van der Waals surface area contributed by atoms with E-state index in [-0.39, 0.29) is 12.6 Å². The first kappa shape index (κ1) is 16.1. The highest BCUT2D eigenvalue weighted by Crippen LogP contribution is 2.17. The van der Waals surface area contributed by atoms with Gasteiger partial charge in [-0.05, 0) is 31.2 Å². The highest BCUT2D eigenvalue weighted by atomic mass is 35.5. The number of amides is 1. The van der Waals surface area contributed by atoms with Crippen molar-refractivity contribution in [3.05, 3.63) is 59.6 Å². The molecule has 0 saturated carbocycles. The average molecular weight is 346 g/mol. The SMILES string of the molecule is CCn1ccc(C(=O)Nc2cnn(COc3cccc(Cl)c3)c2)n1. The Bertz CT molecular complexity index is 842. The van der Waals surface area contributed by atoms with Gasteiger partial charge in [0.2, 0.25) is 0 Å². The molecule has 3 rings (SSSR count). The summed E-state index contributed by atoms with van der Waals surface area (Å²) in [6.07, 6.45) is 4.99. The molecule has 0 saturated heterocycles. The van der Waals surface area contributed by atoms with E-state index in [1.54, 1.807) is 46.2 Å². The number of rotatable bonds is 6. The van der Waals surface area contributed by atoms with Crippen LogP contribution in [0.2, 0.25) is 5.02 Å². The summed E-state index contributed by atoms with van der Waals surface area (Å²) < 4.78 is 8.84. The molecule has 0 radical (unpaired) electrons. The third-order valence-electron chi connectivity index (χ3n) is 3.25. The molecule has 0 fully saturated rings. The van der Waals surface area contributed by atoms with Crippen molar-refractivity contribution in [1.82, 2.24) is 19.6 Å². The molecular weight excluding hydrogens is 330 g/mol. The summed E-state index contributed by atoms with van der Waals surface area (Å²) >= 11 is 5.90. The summed E-state index contributed by atoms with van der Waals surface area (Å²) in [6, 6.07) is 8.78. The van der Waals surface area contributed by atoms with Gasteiger partial charge in [-0.15, -0.1) is 0 Å². The first-order valence-corrected chi connectivity index (χ1v) is 7.77. The quantitative estimate of drug-likeness (QED) is 0.745. The van der Waals surface area contributed by atoms with E-state index in [4.69, 9.17) is 16.3 Å². The van der Waals surface area contributed by atoms with Crippen molar-refractivity contribution in [1.29, 1.82) is 0 Å². The van der Waals surface area contributed by atoms with Crippen LogP contribution in [0.3, 0.4) is 0 Å². The number of hydrogen-bond acceptors (Lipinski definition) is 4. The van der Waals surface area contributed by atoms with Gasteiger partial charge in [-0.25, -0.2) is 4.68 Å². The zero-order valence-corrected chi connectivity index (χ0v) is 13.8. The Hall–Kier alpha value is -2.80. The van der Waals surface area contributed by atoms with Crippen molar-refractivity contribution in [2.45, 2.75) is 20.2 Å². The van der Waals surface area contributed by atoms with Crippen LogP contribution < -0.4 is 10.1 Å². The number of anilines is 1. The number of aromatic nitrogens is 4. The van der Waals surface area contributed by atoms with Crippen molar-refractivity contribution >= 4 is 23.2 Å². The van der Waals surface area contributed by atoms with Crippen LogP contribution in [0, 0.1) is 0 Å². The molecule has 0 unspecified atom stereocenters. The van der Waals surface area contributed by atoms with Gasteiger partial charge >= 0.3 is 0 Å². The molecule has 24 heavy (non-hydrogen) atoms. The van der Waals surface area contributed by atoms with Gasteiger partial charge in [0.25, 0.3) is 5.91 Å². The number of benzene rings is 1. The first-order valence-electron chi connectivity index (χ1n) is 7.39. The summed E-state index contributed by atoms with van der Waals surface area (Å²) in [5, 5.41) is 11.6. The third-order valence-corrected chi connectivity index (χ3v) is 3.48. The highest BCUT2D eigenvalue weighted by Gasteiger charge is 2.10. The van der Waals surface area contributed by atoms with Crippen LogP contribution in [0.25, 0.3) is 0 Å². The molecule has 8 heteroatoms. The van der Waals surface area contributed by atoms with E-state index in [0.29, 0.717) is 28.7 Å². The van der Waals surface area contributed by atoms with E-state index >= 15 is 0 Å². The lowest BCUT2D eigenvalue weighted by Crippen LogP contribution is -2.13. The van der Waals surface area contributed by atoms with Gasteiger partial charge in [0.15, 0.2) is 12.4 Å². The molecule has 2 heterocycles. The number of ether oxygens (including phenoxy) is 1. The van der Waals surface area contributed by atoms with Gasteiger partial charge in [-0.3, -0.25) is 9.48 Å². The van der Waals surface area contributed by atoms with E-state index in [0.717, 1.165) is 0 Å². The van der Waals surface area contributed by atoms with E-state index in [1.165, 1.54) is 0 Å². The number of halogens is 1. The molecule has 124 valence electrons. The Morgan fingerprint density at radius 3 is 2.96 bits per heavy atom. The lowest BCUT2D eigenvalue weighted by Gasteiger charge is -2.06. The minimum Gasteiger partial charge on any atom is -0.471 e. The molecule has 1 N–H and O–H groups in total. The van der Waals surface area contributed by atoms with Crippen molar-refractivity contribution in [3.63, 3.8) is 0 Å². The summed E-state index contributed by atoms with van der Waals surface area (Å²) in [5.41, 5.74) is 0.931. The van der Waals surface area contributed by atoms with Gasteiger partial charge in [0.1, 0.15) is 5.75 Å². The average Bonchev–Trinajstić information content (AvgIpc) is 3.22. The number of carbonyl (C=O) groups excluding carboxylic acids is 1. The van der Waals surface area contributed by atoms with Crippen LogP contribution in [-0.2, 0) is 13.3 Å². The molecule has 0 aliphatic carbocycles. The largest absolute Gasteiger partial charge is 0.471 e. The number of aryl methyl sites for hydroxylation is 1. The van der Waals surface area contributed by atoms with Crippen molar-refractivity contribution in [2.75, 3.05) is 5.32 Å². The molecule has 7 nitrogen and oxygen atoms in total. The standard InChI is InChI=1S/C16H16ClN5O2/c1-2-21-7-6-15(20-21)16(23)19-13-9-18-22(10-13)11-24-14-5-3-4-12(17)8-14/h3-10H,2,11H2,1H3,(H,19,23). The van der Waals surface area contributed by atoms with Crippen LogP contribution in [0.4, 0.5) is 5.69 Å². The lowest BCUT2D eigenvalue weighted by molar-refractivity contribution is 0.102. The van der Waals surface area contributed by atoms with Gasteiger partial charge < -0.3 is 10.1 Å². The molecule has 1 amide bonds. The Balaban J connectivity index is 1.58. The van der Waals surface area contributed by atoms with Crippen LogP contribution in [0.5, 0.6) is 5.75 Å². The van der Waals surface area contributed by atoms with Crippen molar-refractivity contribution in [3.8, 4) is 5.75 Å². The molecule has 0 aliphatic rings. The second-order valence-corrected chi connectivity index (χ2v) is 5.45. The number of hydrogen-bond donors (Lipinski definition) is 1. The molecule has 1 aromatic carbocycles. The zero-order chi connectivity index (χ0) is 16.9. The topological polar surface area (TPSA) is 74.0 Å². The summed E-state index contributed by atoms with van der Waals surface area (Å²) in [7, 11) is 0. The Morgan fingerprint density at radius 1 is 1.33 bits per heavy atom. The Morgan fingerprint density at radius 2 is 2.21 bits per heavy atom. The molecule has 3 aromatic rings. The van der Waals surface area contributed by atoms with Gasteiger partial charge in [-0.1, -0.05) is 17.7 Å². The fraction of sp³-hybridized carbons (Fsp3) is 0.188.